The van der Waals surface area contributed by atoms with Gasteiger partial charge in [0.2, 0.25) is 5.91 Å². The Morgan fingerprint density at radius 2 is 0.769 bits per heavy atom. The van der Waals surface area contributed by atoms with Crippen molar-refractivity contribution in [3.63, 3.8) is 0 Å². The van der Waals surface area contributed by atoms with Gasteiger partial charge in [0.15, 0.2) is 0 Å². The molecule has 0 fully saturated rings. The zero-order chi connectivity index (χ0) is 47.2. The van der Waals surface area contributed by atoms with Gasteiger partial charge >= 0.3 is 5.97 Å². The summed E-state index contributed by atoms with van der Waals surface area (Å²) < 4.78 is 5.47. The predicted octanol–water partition coefficient (Wildman–Crippen LogP) is 17.6. The van der Waals surface area contributed by atoms with Gasteiger partial charge in [0.25, 0.3) is 0 Å². The van der Waals surface area contributed by atoms with Gasteiger partial charge in [-0.25, -0.2) is 0 Å². The summed E-state index contributed by atoms with van der Waals surface area (Å²) in [6, 6.07) is -0.563. The van der Waals surface area contributed by atoms with Crippen LogP contribution in [-0.4, -0.2) is 47.4 Å². The molecule has 0 saturated heterocycles. The number of hydrogen-bond acceptors (Lipinski definition) is 5. The number of ether oxygens (including phenoxy) is 1. The van der Waals surface area contributed by atoms with Crippen molar-refractivity contribution < 1.29 is 24.5 Å². The molecule has 6 nitrogen and oxygen atoms in total. The maximum absolute atomic E-state index is 12.5. The van der Waals surface area contributed by atoms with Crippen LogP contribution in [0.2, 0.25) is 0 Å². The molecule has 0 saturated carbocycles. The molecule has 0 spiro atoms. The summed E-state index contributed by atoms with van der Waals surface area (Å²) in [6.07, 6.45) is 67.0. The van der Waals surface area contributed by atoms with Gasteiger partial charge < -0.3 is 20.3 Å². The minimum absolute atomic E-state index is 0.0198. The largest absolute Gasteiger partial charge is 0.466 e. The Kier molecular flexibility index (Phi) is 53.1. The molecule has 0 aliphatic rings. The average molecular weight is 915 g/mol. The van der Waals surface area contributed by atoms with Crippen LogP contribution in [0.5, 0.6) is 0 Å². The number of nitrogens with one attached hydrogen (secondary N) is 1. The molecular formula is C59H111NO5. The predicted molar refractivity (Wildman–Crippen MR) is 283 cm³/mol. The van der Waals surface area contributed by atoms with Crippen LogP contribution in [0.15, 0.2) is 36.5 Å². The van der Waals surface area contributed by atoms with Crippen molar-refractivity contribution in [2.45, 2.75) is 315 Å². The lowest BCUT2D eigenvalue weighted by Gasteiger charge is -2.22. The van der Waals surface area contributed by atoms with Gasteiger partial charge in [-0.1, -0.05) is 243 Å². The first-order chi connectivity index (χ1) is 32.0. The molecule has 0 heterocycles. The Bertz CT molecular complexity index is 1060. The summed E-state index contributed by atoms with van der Waals surface area (Å²) in [5, 5.41) is 23.3. The molecule has 2 unspecified atom stereocenters. The van der Waals surface area contributed by atoms with E-state index in [-0.39, 0.29) is 18.5 Å². The third-order valence-corrected chi connectivity index (χ3v) is 13.2. The van der Waals surface area contributed by atoms with E-state index in [9.17, 15) is 19.8 Å². The van der Waals surface area contributed by atoms with E-state index in [2.05, 4.69) is 55.6 Å². The number of unbranched alkanes of at least 4 members (excludes halogenated alkanes) is 36. The number of esters is 1. The van der Waals surface area contributed by atoms with Crippen molar-refractivity contribution in [3.8, 4) is 0 Å². The van der Waals surface area contributed by atoms with Crippen LogP contribution in [-0.2, 0) is 14.3 Å². The summed E-state index contributed by atoms with van der Waals surface area (Å²) in [5.74, 6) is -0.0840. The fourth-order valence-electron chi connectivity index (χ4n) is 8.72. The molecule has 0 rings (SSSR count). The molecule has 0 aromatic heterocycles. The third kappa shape index (κ3) is 51.3. The minimum atomic E-state index is -0.682. The van der Waals surface area contributed by atoms with Crippen molar-refractivity contribution in [3.05, 3.63) is 36.5 Å². The van der Waals surface area contributed by atoms with E-state index in [1.807, 2.05) is 0 Å². The number of hydrogen-bond donors (Lipinski definition) is 3. The van der Waals surface area contributed by atoms with Gasteiger partial charge in [-0.3, -0.25) is 9.59 Å². The third-order valence-electron chi connectivity index (χ3n) is 13.2. The molecule has 0 aliphatic heterocycles. The lowest BCUT2D eigenvalue weighted by molar-refractivity contribution is -0.143. The smallest absolute Gasteiger partial charge is 0.305 e. The Hall–Kier alpha value is -1.92. The van der Waals surface area contributed by atoms with Gasteiger partial charge in [-0.05, 0) is 83.5 Å². The quantitative estimate of drug-likeness (QED) is 0.0321. The Morgan fingerprint density at radius 1 is 0.431 bits per heavy atom. The number of allylic oxidation sites excluding steroid dienone is 6. The second-order valence-corrected chi connectivity index (χ2v) is 19.6. The van der Waals surface area contributed by atoms with Crippen LogP contribution in [0.4, 0.5) is 0 Å². The topological polar surface area (TPSA) is 95.9 Å². The molecule has 0 aromatic carbocycles. The van der Waals surface area contributed by atoms with Crippen LogP contribution in [0, 0.1) is 0 Å². The SMILES string of the molecule is CCCCCC/C=C\C/C=C\CCCCCCCCCC(=O)OCCCCCCCC/C=C\CCCCCC(=O)NC(CO)C(O)CCCCCCCCCCCCCCCCCCC. The highest BCUT2D eigenvalue weighted by molar-refractivity contribution is 5.76. The summed E-state index contributed by atoms with van der Waals surface area (Å²) >= 11 is 0. The number of amides is 1. The second-order valence-electron chi connectivity index (χ2n) is 19.6. The first-order valence-corrected chi connectivity index (χ1v) is 28.7. The second kappa shape index (κ2) is 54.7. The Labute approximate surface area is 404 Å². The molecular weight excluding hydrogens is 803 g/mol. The fourth-order valence-corrected chi connectivity index (χ4v) is 8.72. The lowest BCUT2D eigenvalue weighted by Crippen LogP contribution is -2.45. The van der Waals surface area contributed by atoms with E-state index in [1.54, 1.807) is 0 Å². The molecule has 0 bridgehead atoms. The van der Waals surface area contributed by atoms with Crippen molar-refractivity contribution in [2.24, 2.45) is 0 Å². The van der Waals surface area contributed by atoms with Crippen LogP contribution in [0.25, 0.3) is 0 Å². The molecule has 6 heteroatoms. The summed E-state index contributed by atoms with van der Waals surface area (Å²) in [6.45, 7) is 4.90. The highest BCUT2D eigenvalue weighted by Crippen LogP contribution is 2.17. The monoisotopic (exact) mass is 914 g/mol. The van der Waals surface area contributed by atoms with E-state index in [0.717, 1.165) is 77.0 Å². The van der Waals surface area contributed by atoms with Gasteiger partial charge in [-0.2, -0.15) is 0 Å². The van der Waals surface area contributed by atoms with Crippen molar-refractivity contribution in [1.82, 2.24) is 5.32 Å². The molecule has 2 atom stereocenters. The normalized spacial score (nSPS) is 12.9. The number of aliphatic hydroxyl groups is 2. The number of aliphatic hydroxyl groups excluding tert-OH is 2. The van der Waals surface area contributed by atoms with Crippen molar-refractivity contribution >= 4 is 11.9 Å². The van der Waals surface area contributed by atoms with Crippen LogP contribution < -0.4 is 5.32 Å². The van der Waals surface area contributed by atoms with Crippen LogP contribution in [0.1, 0.15) is 303 Å². The number of carbonyl (C=O) groups excluding carboxylic acids is 2. The van der Waals surface area contributed by atoms with Crippen molar-refractivity contribution in [1.29, 1.82) is 0 Å². The molecule has 382 valence electrons. The maximum Gasteiger partial charge on any atom is 0.305 e. The Balaban J connectivity index is 3.49. The molecule has 1 amide bonds. The zero-order valence-electron chi connectivity index (χ0n) is 43.5. The summed E-state index contributed by atoms with van der Waals surface area (Å²) in [4.78, 5) is 24.5. The first kappa shape index (κ1) is 63.1. The Morgan fingerprint density at radius 3 is 1.22 bits per heavy atom. The van der Waals surface area contributed by atoms with Crippen LogP contribution in [0.3, 0.4) is 0 Å². The van der Waals surface area contributed by atoms with E-state index >= 15 is 0 Å². The molecule has 0 radical (unpaired) electrons. The average Bonchev–Trinajstić information content (AvgIpc) is 3.31. The van der Waals surface area contributed by atoms with E-state index in [4.69, 9.17) is 4.74 Å². The minimum Gasteiger partial charge on any atom is -0.466 e. The lowest BCUT2D eigenvalue weighted by atomic mass is 10.0. The van der Waals surface area contributed by atoms with Crippen molar-refractivity contribution in [2.75, 3.05) is 13.2 Å². The highest BCUT2D eigenvalue weighted by Gasteiger charge is 2.20. The first-order valence-electron chi connectivity index (χ1n) is 28.7. The van der Waals surface area contributed by atoms with E-state index < -0.39 is 12.1 Å². The zero-order valence-corrected chi connectivity index (χ0v) is 43.5. The van der Waals surface area contributed by atoms with Gasteiger partial charge in [0, 0.05) is 12.8 Å². The fraction of sp³-hybridized carbons (Fsp3) is 0.864. The van der Waals surface area contributed by atoms with Gasteiger partial charge in [-0.15, -0.1) is 0 Å². The molecule has 0 aliphatic carbocycles. The van der Waals surface area contributed by atoms with Crippen LogP contribution >= 0.6 is 0 Å². The van der Waals surface area contributed by atoms with Gasteiger partial charge in [0.1, 0.15) is 0 Å². The molecule has 0 aromatic rings. The number of carbonyl (C=O) groups is 2. The maximum atomic E-state index is 12.5. The molecule has 3 N–H and O–H groups in total. The summed E-state index contributed by atoms with van der Waals surface area (Å²) in [5.41, 5.74) is 0. The molecule has 65 heavy (non-hydrogen) atoms. The highest BCUT2D eigenvalue weighted by atomic mass is 16.5. The van der Waals surface area contributed by atoms with Gasteiger partial charge in [0.05, 0.1) is 25.4 Å². The summed E-state index contributed by atoms with van der Waals surface area (Å²) in [7, 11) is 0. The number of rotatable bonds is 53. The van der Waals surface area contributed by atoms with E-state index in [1.165, 1.54) is 193 Å². The standard InChI is InChI=1S/C59H111NO5/c1-3-5-7-9-11-13-15-17-19-21-23-25-29-33-37-41-45-49-53-59(64)65-54-50-46-42-38-34-30-26-28-32-36-40-44-48-52-58(63)60-56(55-61)57(62)51-47-43-39-35-31-27-24-22-20-18-16-14-12-10-8-6-4-2/h13,15,19,21,28,32,56-57,61-62H,3-12,14,16-18,20,22-27,29-31,33-55H2,1-2H3,(H,60,63)/b15-13-,21-19-,32-28-. The van der Waals surface area contributed by atoms with E-state index in [0.29, 0.717) is 25.9 Å².